The summed E-state index contributed by atoms with van der Waals surface area (Å²) in [7, 11) is 0. The molecule has 0 saturated heterocycles. The van der Waals surface area contributed by atoms with E-state index in [4.69, 9.17) is 0 Å². The number of carbonyl (C=O) groups excluding carboxylic acids is 1. The summed E-state index contributed by atoms with van der Waals surface area (Å²) in [5.41, 5.74) is 1.66. The van der Waals surface area contributed by atoms with Crippen LogP contribution in [0.1, 0.15) is 32.6 Å². The van der Waals surface area contributed by atoms with Crippen molar-refractivity contribution in [2.24, 2.45) is 5.10 Å². The van der Waals surface area contributed by atoms with Crippen LogP contribution in [0.5, 0.6) is 0 Å². The lowest BCUT2D eigenvalue weighted by Crippen LogP contribution is -2.26. The fraction of sp³-hybridized carbons (Fsp3) is 0.111. The Bertz CT molecular complexity index is 823. The highest BCUT2D eigenvalue weighted by Gasteiger charge is 2.34. The lowest BCUT2D eigenvalue weighted by Gasteiger charge is -2.20. The third-order valence-electron chi connectivity index (χ3n) is 3.82. The standard InChI is InChI=1S/C18H14N2OS2/c21-18(13-6-2-1-3-7-13)20-15(17-9-5-11-23-17)12-14(19-20)16-8-4-10-22-16/h1-11,15H,12H2. The van der Waals surface area contributed by atoms with Crippen molar-refractivity contribution in [1.29, 1.82) is 0 Å². The minimum atomic E-state index is -0.0458. The predicted molar refractivity (Wildman–Crippen MR) is 95.1 cm³/mol. The highest BCUT2D eigenvalue weighted by atomic mass is 32.1. The molecule has 1 amide bonds. The molecule has 3 nitrogen and oxygen atoms in total. The van der Waals surface area contributed by atoms with Crippen molar-refractivity contribution in [3.63, 3.8) is 0 Å². The first-order valence-electron chi connectivity index (χ1n) is 7.36. The van der Waals surface area contributed by atoms with Crippen molar-refractivity contribution in [3.05, 3.63) is 80.7 Å². The van der Waals surface area contributed by atoms with Crippen LogP contribution in [-0.2, 0) is 0 Å². The first kappa shape index (κ1) is 14.4. The quantitative estimate of drug-likeness (QED) is 0.675. The average Bonchev–Trinajstić information content (AvgIpc) is 3.34. The lowest BCUT2D eigenvalue weighted by molar-refractivity contribution is 0.0714. The van der Waals surface area contributed by atoms with Crippen LogP contribution in [0, 0.1) is 0 Å². The largest absolute Gasteiger partial charge is 0.274 e. The summed E-state index contributed by atoms with van der Waals surface area (Å²) in [6.45, 7) is 0. The van der Waals surface area contributed by atoms with Crippen LogP contribution in [0.2, 0.25) is 0 Å². The zero-order valence-electron chi connectivity index (χ0n) is 12.3. The van der Waals surface area contributed by atoms with Gasteiger partial charge in [0.05, 0.1) is 16.6 Å². The molecule has 3 heterocycles. The fourth-order valence-corrected chi connectivity index (χ4v) is 4.24. The number of nitrogens with zero attached hydrogens (tertiary/aromatic N) is 2. The first-order chi connectivity index (χ1) is 11.3. The monoisotopic (exact) mass is 338 g/mol. The Hall–Kier alpha value is -2.24. The van der Waals surface area contributed by atoms with Gasteiger partial charge in [-0.1, -0.05) is 30.3 Å². The molecule has 1 unspecified atom stereocenters. The van der Waals surface area contributed by atoms with Gasteiger partial charge in [0.1, 0.15) is 0 Å². The van der Waals surface area contributed by atoms with Crippen LogP contribution in [0.25, 0.3) is 0 Å². The SMILES string of the molecule is O=C(c1ccccc1)N1N=C(c2cccs2)CC1c1cccs1. The van der Waals surface area contributed by atoms with Gasteiger partial charge in [-0.3, -0.25) is 4.79 Å². The minimum absolute atomic E-state index is 0.0141. The van der Waals surface area contributed by atoms with Crippen molar-refractivity contribution in [2.75, 3.05) is 0 Å². The van der Waals surface area contributed by atoms with E-state index >= 15 is 0 Å². The molecule has 0 N–H and O–H groups in total. The molecule has 5 heteroatoms. The van der Waals surface area contributed by atoms with Crippen LogP contribution >= 0.6 is 22.7 Å². The number of carbonyl (C=O) groups is 1. The van der Waals surface area contributed by atoms with E-state index in [1.54, 1.807) is 27.7 Å². The Kier molecular flexibility index (Phi) is 3.81. The molecule has 4 rings (SSSR count). The Balaban J connectivity index is 1.72. The van der Waals surface area contributed by atoms with Crippen LogP contribution in [0.4, 0.5) is 0 Å². The van der Waals surface area contributed by atoms with Gasteiger partial charge < -0.3 is 0 Å². The summed E-state index contributed by atoms with van der Waals surface area (Å²) >= 11 is 3.34. The number of benzene rings is 1. The number of thiophene rings is 2. The van der Waals surface area contributed by atoms with E-state index in [0.717, 1.165) is 17.0 Å². The van der Waals surface area contributed by atoms with Crippen LogP contribution in [0.3, 0.4) is 0 Å². The van der Waals surface area contributed by atoms with Gasteiger partial charge in [-0.2, -0.15) is 5.10 Å². The Morgan fingerprint density at radius 3 is 2.48 bits per heavy atom. The van der Waals surface area contributed by atoms with Gasteiger partial charge >= 0.3 is 0 Å². The summed E-state index contributed by atoms with van der Waals surface area (Å²) in [6, 6.07) is 17.5. The summed E-state index contributed by atoms with van der Waals surface area (Å²) in [5.74, 6) is -0.0458. The second-order valence-corrected chi connectivity index (χ2v) is 7.20. The molecule has 114 valence electrons. The first-order valence-corrected chi connectivity index (χ1v) is 9.12. The number of rotatable bonds is 3. The highest BCUT2D eigenvalue weighted by Crippen LogP contribution is 2.36. The zero-order chi connectivity index (χ0) is 15.6. The van der Waals surface area contributed by atoms with E-state index in [1.807, 2.05) is 53.2 Å². The van der Waals surface area contributed by atoms with Crippen molar-refractivity contribution in [3.8, 4) is 0 Å². The maximum atomic E-state index is 12.9. The number of hydrogen-bond acceptors (Lipinski definition) is 4. The van der Waals surface area contributed by atoms with Gasteiger partial charge in [0.15, 0.2) is 0 Å². The van der Waals surface area contributed by atoms with E-state index < -0.39 is 0 Å². The molecule has 0 bridgehead atoms. The summed E-state index contributed by atoms with van der Waals surface area (Å²) in [6.07, 6.45) is 0.763. The topological polar surface area (TPSA) is 32.7 Å². The van der Waals surface area contributed by atoms with E-state index in [9.17, 15) is 4.79 Å². The molecule has 0 saturated carbocycles. The molecule has 3 aromatic rings. The van der Waals surface area contributed by atoms with Gasteiger partial charge in [0, 0.05) is 16.9 Å². The second kappa shape index (κ2) is 6.10. The Morgan fingerprint density at radius 1 is 1.00 bits per heavy atom. The molecule has 1 atom stereocenters. The van der Waals surface area contributed by atoms with Crippen molar-refractivity contribution < 1.29 is 4.79 Å². The molecule has 0 fully saturated rings. The summed E-state index contributed by atoms with van der Waals surface area (Å²) in [4.78, 5) is 15.2. The normalized spacial score (nSPS) is 17.3. The Labute approximate surface area is 142 Å². The van der Waals surface area contributed by atoms with Gasteiger partial charge in [-0.15, -0.1) is 22.7 Å². The maximum Gasteiger partial charge on any atom is 0.274 e. The Morgan fingerprint density at radius 2 is 1.78 bits per heavy atom. The third-order valence-corrected chi connectivity index (χ3v) is 5.71. The molecule has 1 aliphatic heterocycles. The second-order valence-electron chi connectivity index (χ2n) is 5.28. The minimum Gasteiger partial charge on any atom is -0.267 e. The fourth-order valence-electron chi connectivity index (χ4n) is 2.70. The maximum absolute atomic E-state index is 12.9. The molecular weight excluding hydrogens is 324 g/mol. The number of hydrazone groups is 1. The lowest BCUT2D eigenvalue weighted by atomic mass is 10.1. The van der Waals surface area contributed by atoms with E-state index in [-0.39, 0.29) is 11.9 Å². The smallest absolute Gasteiger partial charge is 0.267 e. The van der Waals surface area contributed by atoms with E-state index in [0.29, 0.717) is 5.56 Å². The van der Waals surface area contributed by atoms with Crippen molar-refractivity contribution in [2.45, 2.75) is 12.5 Å². The van der Waals surface area contributed by atoms with Gasteiger partial charge in [-0.25, -0.2) is 5.01 Å². The van der Waals surface area contributed by atoms with Crippen LogP contribution in [0.15, 0.2) is 70.5 Å². The van der Waals surface area contributed by atoms with Crippen molar-refractivity contribution in [1.82, 2.24) is 5.01 Å². The molecule has 23 heavy (non-hydrogen) atoms. The van der Waals surface area contributed by atoms with Crippen LogP contribution < -0.4 is 0 Å². The average molecular weight is 338 g/mol. The number of amides is 1. The van der Waals surface area contributed by atoms with Gasteiger partial charge in [0.25, 0.3) is 5.91 Å². The van der Waals surface area contributed by atoms with Gasteiger partial charge in [0.2, 0.25) is 0 Å². The molecule has 0 spiro atoms. The molecule has 1 aliphatic rings. The molecule has 1 aromatic carbocycles. The van der Waals surface area contributed by atoms with Gasteiger partial charge in [-0.05, 0) is 35.0 Å². The molecule has 2 aromatic heterocycles. The van der Waals surface area contributed by atoms with E-state index in [1.165, 1.54) is 4.88 Å². The molecule has 0 aliphatic carbocycles. The van der Waals surface area contributed by atoms with Crippen LogP contribution in [-0.4, -0.2) is 16.6 Å². The number of hydrogen-bond donors (Lipinski definition) is 0. The summed E-state index contributed by atoms with van der Waals surface area (Å²) in [5, 5.41) is 10.4. The molecule has 0 radical (unpaired) electrons. The van der Waals surface area contributed by atoms with E-state index in [2.05, 4.69) is 17.2 Å². The predicted octanol–water partition coefficient (Wildman–Crippen LogP) is 4.80. The zero-order valence-corrected chi connectivity index (χ0v) is 13.9. The van der Waals surface area contributed by atoms with Crippen molar-refractivity contribution >= 4 is 34.3 Å². The molecular formula is C18H14N2OS2. The summed E-state index contributed by atoms with van der Waals surface area (Å²) < 4.78 is 0. The highest BCUT2D eigenvalue weighted by molar-refractivity contribution is 7.12. The third kappa shape index (κ3) is 2.73.